The highest BCUT2D eigenvalue weighted by Gasteiger charge is 2.57. The molecule has 0 N–H and O–H groups in total. The van der Waals surface area contributed by atoms with Crippen LogP contribution in [0, 0.1) is 5.92 Å². The van der Waals surface area contributed by atoms with Crippen LogP contribution in [-0.4, -0.2) is 0 Å². The highest BCUT2D eigenvalue weighted by atomic mass is 16.3. The minimum absolute atomic E-state index is 0.0182. The van der Waals surface area contributed by atoms with Gasteiger partial charge in [-0.15, -0.1) is 6.58 Å². The van der Waals surface area contributed by atoms with Gasteiger partial charge in [0, 0.05) is 39.9 Å². The zero-order chi connectivity index (χ0) is 48.7. The summed E-state index contributed by atoms with van der Waals surface area (Å²) in [5.74, 6) is 0.0203. The zero-order valence-corrected chi connectivity index (χ0v) is 40.5. The molecule has 0 aliphatic heterocycles. The minimum atomic E-state index is -0.504. The molecule has 0 radical (unpaired) electrons. The molecule has 12 aromatic rings. The first-order chi connectivity index (χ1) is 36.7. The fourth-order valence-electron chi connectivity index (χ4n) is 14.7. The fourth-order valence-corrected chi connectivity index (χ4v) is 14.7. The van der Waals surface area contributed by atoms with Gasteiger partial charge in [-0.2, -0.15) is 0 Å². The summed E-state index contributed by atoms with van der Waals surface area (Å²) in [5, 5.41) is 4.58. The van der Waals surface area contributed by atoms with Crippen LogP contribution in [0.15, 0.2) is 272 Å². The lowest BCUT2D eigenvalue weighted by atomic mass is 9.66. The lowest BCUT2D eigenvalue weighted by Crippen LogP contribution is -2.32. The topological polar surface area (TPSA) is 16.4 Å². The number of rotatable bonds is 6. The third kappa shape index (κ3) is 5.24. The van der Waals surface area contributed by atoms with Crippen molar-refractivity contribution in [2.24, 2.45) is 5.92 Å². The van der Waals surface area contributed by atoms with Crippen LogP contribution in [0.25, 0.3) is 77.2 Å². The molecule has 0 saturated heterocycles. The van der Waals surface area contributed by atoms with E-state index in [0.717, 1.165) is 49.8 Å². The molecule has 0 saturated carbocycles. The highest BCUT2D eigenvalue weighted by molar-refractivity contribution is 6.17. The molecule has 1 heterocycles. The number of para-hydroxylation sites is 1. The maximum absolute atomic E-state index is 6.76. The van der Waals surface area contributed by atoms with Gasteiger partial charge in [0.05, 0.1) is 22.2 Å². The van der Waals surface area contributed by atoms with Gasteiger partial charge in [-0.1, -0.05) is 224 Å². The summed E-state index contributed by atoms with van der Waals surface area (Å²) in [7, 11) is 0. The van der Waals surface area contributed by atoms with Crippen molar-refractivity contribution in [3.8, 4) is 44.5 Å². The molecule has 2 nitrogen and oxygen atoms in total. The molecule has 0 fully saturated rings. The molecule has 11 aromatic carbocycles. The van der Waals surface area contributed by atoms with Crippen molar-refractivity contribution >= 4 is 44.1 Å². The van der Waals surface area contributed by atoms with Crippen LogP contribution in [-0.2, 0) is 10.8 Å². The molecule has 1 aromatic heterocycles. The Morgan fingerprint density at radius 1 is 0.405 bits per heavy atom. The van der Waals surface area contributed by atoms with Crippen molar-refractivity contribution < 1.29 is 4.42 Å². The van der Waals surface area contributed by atoms with E-state index < -0.39 is 10.8 Å². The van der Waals surface area contributed by atoms with Crippen LogP contribution < -0.4 is 4.90 Å². The van der Waals surface area contributed by atoms with Crippen LogP contribution >= 0.6 is 0 Å². The van der Waals surface area contributed by atoms with E-state index in [2.05, 4.69) is 272 Å². The van der Waals surface area contributed by atoms with Gasteiger partial charge in [0.25, 0.3) is 0 Å². The Hall–Kier alpha value is -9.24. The average Bonchev–Trinajstić information content (AvgIpc) is 4.26. The normalized spacial score (nSPS) is 16.6. The standard InChI is InChI=1S/C72H47NO/c1-2-47-48-23-5-12-31-57(48)71(58-32-13-6-24-49(58)50-25-7-14-33-59(50)71)63(47)41-42-73(65-38-18-11-28-53(65)54-30-19-40-67-69(54)56-43-45-21-3-4-22-46(45)44-68(56)74-67)66-39-20-37-64-70(66)55-29-10-17-36-62(55)72(64)60-34-15-8-26-51(60)52-27-9-16-35-61(52)72/h2-44,47,63H,1H2/b42-41+. The Morgan fingerprint density at radius 3 is 1.57 bits per heavy atom. The average molecular weight is 942 g/mol. The first kappa shape index (κ1) is 41.4. The van der Waals surface area contributed by atoms with Gasteiger partial charge >= 0.3 is 0 Å². The third-order valence-corrected chi connectivity index (χ3v) is 17.4. The van der Waals surface area contributed by atoms with E-state index in [0.29, 0.717) is 0 Å². The van der Waals surface area contributed by atoms with Crippen molar-refractivity contribution in [2.45, 2.75) is 16.7 Å². The van der Waals surface area contributed by atoms with Crippen LogP contribution in [0.2, 0.25) is 0 Å². The highest BCUT2D eigenvalue weighted by Crippen LogP contribution is 2.67. The van der Waals surface area contributed by atoms with Gasteiger partial charge in [-0.25, -0.2) is 0 Å². The van der Waals surface area contributed by atoms with E-state index in [1.54, 1.807) is 0 Å². The van der Waals surface area contributed by atoms with Crippen molar-refractivity contribution in [3.05, 3.63) is 312 Å². The first-order valence-corrected chi connectivity index (χ1v) is 25.9. The summed E-state index contributed by atoms with van der Waals surface area (Å²) in [4.78, 5) is 2.52. The largest absolute Gasteiger partial charge is 0.456 e. The van der Waals surface area contributed by atoms with E-state index in [1.807, 2.05) is 0 Å². The van der Waals surface area contributed by atoms with Crippen molar-refractivity contribution in [1.82, 2.24) is 0 Å². The molecule has 346 valence electrons. The summed E-state index contributed by atoms with van der Waals surface area (Å²) in [5.41, 5.74) is 23.6. The number of hydrogen-bond donors (Lipinski definition) is 0. The SMILES string of the molecule is C=CC1c2ccccc2C2(c3ccccc3-c3ccccc32)C1/C=C/N(c1ccccc1-c1cccc2oc3cc4ccccc4cc3c12)c1cccc2c1-c1ccccc1C21c2ccccc2-c2ccccc21. The second kappa shape index (κ2) is 15.4. The van der Waals surface area contributed by atoms with Gasteiger partial charge in [0.2, 0.25) is 0 Å². The van der Waals surface area contributed by atoms with Crippen LogP contribution in [0.3, 0.4) is 0 Å². The molecule has 2 unspecified atom stereocenters. The fraction of sp³-hybridized carbons (Fsp3) is 0.0556. The molecule has 16 rings (SSSR count). The molecule has 4 aliphatic rings. The smallest absolute Gasteiger partial charge is 0.136 e. The summed E-state index contributed by atoms with van der Waals surface area (Å²) in [6.45, 7) is 4.62. The predicted molar refractivity (Wildman–Crippen MR) is 305 cm³/mol. The van der Waals surface area contributed by atoms with Gasteiger partial charge in [0.1, 0.15) is 11.2 Å². The minimum Gasteiger partial charge on any atom is -0.456 e. The Bertz CT molecular complexity index is 4300. The van der Waals surface area contributed by atoms with Gasteiger partial charge < -0.3 is 9.32 Å². The molecular weight excluding hydrogens is 895 g/mol. The van der Waals surface area contributed by atoms with Crippen molar-refractivity contribution in [2.75, 3.05) is 4.90 Å². The molecule has 74 heavy (non-hydrogen) atoms. The van der Waals surface area contributed by atoms with Crippen molar-refractivity contribution in [1.29, 1.82) is 0 Å². The zero-order valence-electron chi connectivity index (χ0n) is 40.5. The van der Waals surface area contributed by atoms with Crippen LogP contribution in [0.4, 0.5) is 11.4 Å². The van der Waals surface area contributed by atoms with E-state index in [4.69, 9.17) is 4.42 Å². The summed E-state index contributed by atoms with van der Waals surface area (Å²) in [6, 6.07) is 90.4. The Balaban J connectivity index is 0.989. The number of furan rings is 1. The van der Waals surface area contributed by atoms with Crippen molar-refractivity contribution in [3.63, 3.8) is 0 Å². The Labute approximate surface area is 430 Å². The van der Waals surface area contributed by atoms with Gasteiger partial charge in [0.15, 0.2) is 0 Å². The summed E-state index contributed by atoms with van der Waals surface area (Å²) in [6.07, 6.45) is 7.17. The third-order valence-electron chi connectivity index (χ3n) is 17.4. The van der Waals surface area contributed by atoms with Gasteiger partial charge in [-0.3, -0.25) is 0 Å². The van der Waals surface area contributed by atoms with E-state index >= 15 is 0 Å². The summed E-state index contributed by atoms with van der Waals surface area (Å²) >= 11 is 0. The molecule has 0 amide bonds. The Kier molecular flexibility index (Phi) is 8.60. The molecular formula is C72H47NO. The number of hydrogen-bond acceptors (Lipinski definition) is 2. The molecule has 2 atom stereocenters. The monoisotopic (exact) mass is 941 g/mol. The molecule has 0 bridgehead atoms. The maximum atomic E-state index is 6.76. The van der Waals surface area contributed by atoms with Crippen LogP contribution in [0.1, 0.15) is 50.4 Å². The number of benzene rings is 11. The maximum Gasteiger partial charge on any atom is 0.136 e. The van der Waals surface area contributed by atoms with E-state index in [9.17, 15) is 0 Å². The van der Waals surface area contributed by atoms with E-state index in [1.165, 1.54) is 83.3 Å². The Morgan fingerprint density at radius 2 is 0.892 bits per heavy atom. The number of nitrogens with zero attached hydrogens (tertiary/aromatic N) is 1. The quantitative estimate of drug-likeness (QED) is 0.154. The second-order valence-corrected chi connectivity index (χ2v) is 20.6. The van der Waals surface area contributed by atoms with Gasteiger partial charge in [-0.05, 0) is 119 Å². The lowest BCUT2D eigenvalue weighted by Gasteiger charge is -2.36. The lowest BCUT2D eigenvalue weighted by molar-refractivity contribution is 0.468. The molecule has 2 heteroatoms. The number of allylic oxidation sites excluding steroid dienone is 2. The number of anilines is 2. The van der Waals surface area contributed by atoms with E-state index in [-0.39, 0.29) is 11.8 Å². The second-order valence-electron chi connectivity index (χ2n) is 20.6. The molecule has 4 aliphatic carbocycles. The summed E-state index contributed by atoms with van der Waals surface area (Å²) < 4.78 is 6.76. The van der Waals surface area contributed by atoms with Crippen LogP contribution in [0.5, 0.6) is 0 Å². The molecule has 2 spiro atoms. The number of fused-ring (bicyclic) bond motifs is 21. The predicted octanol–water partition coefficient (Wildman–Crippen LogP) is 18.3. The first-order valence-electron chi connectivity index (χ1n) is 25.9.